The van der Waals surface area contributed by atoms with E-state index in [2.05, 4.69) is 6.07 Å². The van der Waals surface area contributed by atoms with Crippen molar-refractivity contribution in [1.82, 2.24) is 0 Å². The molecular formula is C15H19NO. The van der Waals surface area contributed by atoms with E-state index in [9.17, 15) is 0 Å². The molecule has 90 valence electrons. The second-order valence-corrected chi connectivity index (χ2v) is 4.88. The number of hydrogen-bond donors (Lipinski definition) is 0. The second kappa shape index (κ2) is 5.72. The largest absolute Gasteiger partial charge is 0.492 e. The summed E-state index contributed by atoms with van der Waals surface area (Å²) < 4.78 is 5.88. The zero-order chi connectivity index (χ0) is 12.1. The lowest BCUT2D eigenvalue weighted by Crippen LogP contribution is -2.16. The molecular weight excluding hydrogens is 210 g/mol. The van der Waals surface area contributed by atoms with Gasteiger partial charge in [0, 0.05) is 0 Å². The van der Waals surface area contributed by atoms with Gasteiger partial charge in [0.1, 0.15) is 11.8 Å². The fourth-order valence-electron chi connectivity index (χ4n) is 2.49. The van der Waals surface area contributed by atoms with Crippen molar-refractivity contribution in [2.75, 3.05) is 6.61 Å². The predicted octanol–water partition coefficient (Wildman–Crippen LogP) is 3.83. The van der Waals surface area contributed by atoms with E-state index in [-0.39, 0.29) is 0 Å². The van der Waals surface area contributed by atoms with Crippen LogP contribution >= 0.6 is 0 Å². The first-order valence-electron chi connectivity index (χ1n) is 6.44. The van der Waals surface area contributed by atoms with E-state index in [1.165, 1.54) is 32.1 Å². The standard InChI is InChI=1S/C15H19NO/c1-12-6-5-9-14(10-16)15(12)17-11-13-7-3-2-4-8-13/h5-6,9,13H,2-4,7-8,11H2,1H3. The molecule has 2 heteroatoms. The number of aryl methyl sites for hydroxylation is 1. The van der Waals surface area contributed by atoms with E-state index < -0.39 is 0 Å². The van der Waals surface area contributed by atoms with Crippen LogP contribution in [0, 0.1) is 24.2 Å². The third kappa shape index (κ3) is 3.00. The van der Waals surface area contributed by atoms with Crippen LogP contribution < -0.4 is 4.74 Å². The van der Waals surface area contributed by atoms with E-state index in [0.717, 1.165) is 17.9 Å². The van der Waals surface area contributed by atoms with Crippen LogP contribution in [0.3, 0.4) is 0 Å². The van der Waals surface area contributed by atoms with E-state index in [0.29, 0.717) is 11.5 Å². The molecule has 0 aromatic heterocycles. The Kier molecular flexibility index (Phi) is 4.03. The third-order valence-corrected chi connectivity index (χ3v) is 3.52. The van der Waals surface area contributed by atoms with Crippen LogP contribution in [0.25, 0.3) is 0 Å². The predicted molar refractivity (Wildman–Crippen MR) is 68.0 cm³/mol. The molecule has 2 nitrogen and oxygen atoms in total. The summed E-state index contributed by atoms with van der Waals surface area (Å²) in [6.07, 6.45) is 6.56. The molecule has 0 aliphatic heterocycles. The van der Waals surface area contributed by atoms with Gasteiger partial charge in [-0.3, -0.25) is 0 Å². The molecule has 0 heterocycles. The maximum atomic E-state index is 9.05. The van der Waals surface area contributed by atoms with Crippen molar-refractivity contribution < 1.29 is 4.74 Å². The summed E-state index contributed by atoms with van der Waals surface area (Å²) in [6, 6.07) is 7.92. The third-order valence-electron chi connectivity index (χ3n) is 3.52. The van der Waals surface area contributed by atoms with E-state index in [1.807, 2.05) is 25.1 Å². The van der Waals surface area contributed by atoms with Gasteiger partial charge in [-0.2, -0.15) is 5.26 Å². The highest BCUT2D eigenvalue weighted by molar-refractivity contribution is 5.47. The monoisotopic (exact) mass is 229 g/mol. The van der Waals surface area contributed by atoms with Gasteiger partial charge in [-0.05, 0) is 37.3 Å². The van der Waals surface area contributed by atoms with Crippen molar-refractivity contribution in [3.8, 4) is 11.8 Å². The maximum Gasteiger partial charge on any atom is 0.139 e. The summed E-state index contributed by atoms with van der Waals surface area (Å²) in [5, 5.41) is 9.05. The number of benzene rings is 1. The number of nitriles is 1. The van der Waals surface area contributed by atoms with Crippen molar-refractivity contribution in [3.63, 3.8) is 0 Å². The van der Waals surface area contributed by atoms with Crippen LogP contribution in [-0.4, -0.2) is 6.61 Å². The number of rotatable bonds is 3. The molecule has 1 aromatic carbocycles. The minimum absolute atomic E-state index is 0.654. The molecule has 1 aliphatic carbocycles. The van der Waals surface area contributed by atoms with Crippen molar-refractivity contribution in [1.29, 1.82) is 5.26 Å². The van der Waals surface area contributed by atoms with E-state index in [4.69, 9.17) is 10.00 Å². The van der Waals surface area contributed by atoms with Gasteiger partial charge in [0.15, 0.2) is 0 Å². The van der Waals surface area contributed by atoms with Gasteiger partial charge in [0.05, 0.1) is 12.2 Å². The molecule has 1 aliphatic rings. The first kappa shape index (κ1) is 12.0. The molecule has 1 aromatic rings. The first-order chi connectivity index (χ1) is 8.31. The molecule has 0 spiro atoms. The van der Waals surface area contributed by atoms with Gasteiger partial charge in [-0.15, -0.1) is 0 Å². The Morgan fingerprint density at radius 2 is 2.06 bits per heavy atom. The lowest BCUT2D eigenvalue weighted by atomic mass is 9.90. The van der Waals surface area contributed by atoms with Crippen LogP contribution in [-0.2, 0) is 0 Å². The molecule has 0 amide bonds. The van der Waals surface area contributed by atoms with Crippen molar-refractivity contribution in [2.45, 2.75) is 39.0 Å². The Morgan fingerprint density at radius 3 is 2.76 bits per heavy atom. The second-order valence-electron chi connectivity index (χ2n) is 4.88. The summed E-state index contributed by atoms with van der Waals surface area (Å²) in [7, 11) is 0. The SMILES string of the molecule is Cc1cccc(C#N)c1OCC1CCCCC1. The molecule has 2 rings (SSSR count). The Bertz CT molecular complexity index is 413. The summed E-state index contributed by atoms with van der Waals surface area (Å²) in [6.45, 7) is 2.76. The van der Waals surface area contributed by atoms with Crippen LogP contribution in [0.2, 0.25) is 0 Å². The molecule has 0 unspecified atom stereocenters. The van der Waals surface area contributed by atoms with Gasteiger partial charge in [0.2, 0.25) is 0 Å². The Hall–Kier alpha value is -1.49. The summed E-state index contributed by atoms with van der Waals surface area (Å²) in [5.74, 6) is 1.45. The van der Waals surface area contributed by atoms with Gasteiger partial charge in [-0.25, -0.2) is 0 Å². The molecule has 0 radical (unpaired) electrons. The van der Waals surface area contributed by atoms with Crippen LogP contribution in [0.15, 0.2) is 18.2 Å². The molecule has 0 N–H and O–H groups in total. The van der Waals surface area contributed by atoms with Gasteiger partial charge >= 0.3 is 0 Å². The molecule has 1 saturated carbocycles. The number of nitrogens with zero attached hydrogens (tertiary/aromatic N) is 1. The van der Waals surface area contributed by atoms with E-state index in [1.54, 1.807) is 0 Å². The fraction of sp³-hybridized carbons (Fsp3) is 0.533. The topological polar surface area (TPSA) is 33.0 Å². The zero-order valence-corrected chi connectivity index (χ0v) is 10.4. The summed E-state index contributed by atoms with van der Waals surface area (Å²) in [4.78, 5) is 0. The molecule has 1 fully saturated rings. The molecule has 17 heavy (non-hydrogen) atoms. The average molecular weight is 229 g/mol. The highest BCUT2D eigenvalue weighted by Crippen LogP contribution is 2.27. The number of para-hydroxylation sites is 1. The molecule has 0 saturated heterocycles. The Labute approximate surface area is 103 Å². The van der Waals surface area contributed by atoms with Crippen LogP contribution in [0.5, 0.6) is 5.75 Å². The minimum Gasteiger partial charge on any atom is -0.492 e. The highest BCUT2D eigenvalue weighted by Gasteiger charge is 2.15. The van der Waals surface area contributed by atoms with Crippen molar-refractivity contribution >= 4 is 0 Å². The number of ether oxygens (including phenoxy) is 1. The Morgan fingerprint density at radius 1 is 1.29 bits per heavy atom. The molecule has 0 atom stereocenters. The zero-order valence-electron chi connectivity index (χ0n) is 10.4. The highest BCUT2D eigenvalue weighted by atomic mass is 16.5. The number of hydrogen-bond acceptors (Lipinski definition) is 2. The first-order valence-corrected chi connectivity index (χ1v) is 6.44. The fourth-order valence-corrected chi connectivity index (χ4v) is 2.49. The maximum absolute atomic E-state index is 9.05. The normalized spacial score (nSPS) is 16.5. The quantitative estimate of drug-likeness (QED) is 0.789. The van der Waals surface area contributed by atoms with Crippen molar-refractivity contribution in [3.05, 3.63) is 29.3 Å². The van der Waals surface area contributed by atoms with Crippen LogP contribution in [0.1, 0.15) is 43.2 Å². The van der Waals surface area contributed by atoms with Gasteiger partial charge in [-0.1, -0.05) is 31.4 Å². The van der Waals surface area contributed by atoms with Crippen molar-refractivity contribution in [2.24, 2.45) is 5.92 Å². The van der Waals surface area contributed by atoms with Crippen LogP contribution in [0.4, 0.5) is 0 Å². The molecule has 0 bridgehead atoms. The summed E-state index contributed by atoms with van der Waals surface area (Å²) >= 11 is 0. The summed E-state index contributed by atoms with van der Waals surface area (Å²) in [5.41, 5.74) is 1.71. The average Bonchev–Trinajstić information content (AvgIpc) is 2.38. The minimum atomic E-state index is 0.654. The smallest absolute Gasteiger partial charge is 0.139 e. The van der Waals surface area contributed by atoms with Gasteiger partial charge < -0.3 is 4.74 Å². The van der Waals surface area contributed by atoms with Gasteiger partial charge in [0.25, 0.3) is 0 Å². The Balaban J connectivity index is 2.00. The lowest BCUT2D eigenvalue weighted by Gasteiger charge is -2.22. The van der Waals surface area contributed by atoms with E-state index >= 15 is 0 Å². The lowest BCUT2D eigenvalue weighted by molar-refractivity contribution is 0.207.